The summed E-state index contributed by atoms with van der Waals surface area (Å²) >= 11 is 6.15. The van der Waals surface area contributed by atoms with Crippen LogP contribution < -0.4 is 0 Å². The Balaban J connectivity index is 1.52. The van der Waals surface area contributed by atoms with Crippen molar-refractivity contribution < 1.29 is 12.8 Å². The molecule has 2 heterocycles. The van der Waals surface area contributed by atoms with Crippen LogP contribution in [0, 0.1) is 0 Å². The normalized spacial score (nSPS) is 15.1. The fourth-order valence-corrected chi connectivity index (χ4v) is 4.74. The van der Waals surface area contributed by atoms with Crippen LogP contribution in [0.25, 0.3) is 12.2 Å². The van der Waals surface area contributed by atoms with E-state index >= 15 is 0 Å². The van der Waals surface area contributed by atoms with Crippen LogP contribution in [0.4, 0.5) is 0 Å². The first-order chi connectivity index (χ1) is 13.0. The molecule has 0 bridgehead atoms. The van der Waals surface area contributed by atoms with Crippen LogP contribution in [0.2, 0.25) is 5.02 Å². The number of nitrogens with zero attached hydrogens (tertiary/aromatic N) is 1. The van der Waals surface area contributed by atoms with E-state index in [1.165, 1.54) is 4.31 Å². The van der Waals surface area contributed by atoms with E-state index in [0.717, 1.165) is 22.5 Å². The number of hydrogen-bond donors (Lipinski definition) is 0. The maximum atomic E-state index is 12.9. The summed E-state index contributed by atoms with van der Waals surface area (Å²) in [6, 6.07) is 16.3. The van der Waals surface area contributed by atoms with E-state index in [1.54, 1.807) is 30.5 Å². The van der Waals surface area contributed by atoms with Crippen molar-refractivity contribution in [2.24, 2.45) is 0 Å². The molecule has 0 saturated carbocycles. The predicted octanol–water partition coefficient (Wildman–Crippen LogP) is 4.85. The molecule has 0 unspecified atom stereocenters. The highest BCUT2D eigenvalue weighted by Crippen LogP contribution is 2.26. The van der Waals surface area contributed by atoms with Gasteiger partial charge >= 0.3 is 0 Å². The minimum Gasteiger partial charge on any atom is -0.469 e. The van der Waals surface area contributed by atoms with Gasteiger partial charge in [-0.2, -0.15) is 4.31 Å². The molecule has 0 amide bonds. The fourth-order valence-electron chi connectivity index (χ4n) is 3.12. The predicted molar refractivity (Wildman–Crippen MR) is 107 cm³/mol. The zero-order chi connectivity index (χ0) is 18.9. The fraction of sp³-hybridized carbons (Fsp3) is 0.143. The maximum Gasteiger partial charge on any atom is 0.243 e. The molecule has 0 aliphatic carbocycles. The van der Waals surface area contributed by atoms with Crippen molar-refractivity contribution in [2.75, 3.05) is 6.54 Å². The van der Waals surface area contributed by atoms with Crippen LogP contribution in [0.15, 0.2) is 70.2 Å². The lowest BCUT2D eigenvalue weighted by Crippen LogP contribution is -2.35. The highest BCUT2D eigenvalue weighted by molar-refractivity contribution is 7.89. The molecular weight excluding hydrogens is 382 g/mol. The molecule has 1 aliphatic rings. The molecule has 4 rings (SSSR count). The second-order valence-corrected chi connectivity index (χ2v) is 8.73. The molecule has 0 spiro atoms. The Kier molecular flexibility index (Phi) is 4.91. The van der Waals surface area contributed by atoms with Gasteiger partial charge in [-0.25, -0.2) is 8.42 Å². The number of sulfonamides is 1. The molecule has 3 aromatic rings. The number of fused-ring (bicyclic) bond motifs is 1. The first kappa shape index (κ1) is 18.0. The van der Waals surface area contributed by atoms with E-state index in [2.05, 4.69) is 0 Å². The zero-order valence-electron chi connectivity index (χ0n) is 14.5. The summed E-state index contributed by atoms with van der Waals surface area (Å²) < 4.78 is 32.7. The number of hydrogen-bond acceptors (Lipinski definition) is 3. The van der Waals surface area contributed by atoms with Gasteiger partial charge in [0.15, 0.2) is 0 Å². The van der Waals surface area contributed by atoms with Gasteiger partial charge < -0.3 is 4.42 Å². The summed E-state index contributed by atoms with van der Waals surface area (Å²) in [5.74, 6) is 0.876. The molecule has 0 N–H and O–H groups in total. The van der Waals surface area contributed by atoms with Crippen molar-refractivity contribution in [3.05, 3.63) is 88.3 Å². The highest BCUT2D eigenvalue weighted by atomic mass is 35.5. The SMILES string of the molecule is O=S(=O)(c1ccc(/C=C/c2ccccc2Cl)cc1)N1CCc2occc2C1. The van der Waals surface area contributed by atoms with Crippen molar-refractivity contribution in [3.63, 3.8) is 0 Å². The topological polar surface area (TPSA) is 50.5 Å². The Morgan fingerprint density at radius 3 is 2.56 bits per heavy atom. The van der Waals surface area contributed by atoms with E-state index < -0.39 is 10.0 Å². The Labute approximate surface area is 163 Å². The van der Waals surface area contributed by atoms with Gasteiger partial charge in [0, 0.05) is 30.1 Å². The van der Waals surface area contributed by atoms with E-state index in [9.17, 15) is 8.42 Å². The van der Waals surface area contributed by atoms with Crippen molar-refractivity contribution in [3.8, 4) is 0 Å². The second-order valence-electron chi connectivity index (χ2n) is 6.38. The third-order valence-corrected chi connectivity index (χ3v) is 6.85. The zero-order valence-corrected chi connectivity index (χ0v) is 16.1. The molecule has 0 radical (unpaired) electrons. The van der Waals surface area contributed by atoms with Gasteiger partial charge in [0.2, 0.25) is 10.0 Å². The molecule has 0 atom stereocenters. The monoisotopic (exact) mass is 399 g/mol. The Morgan fingerprint density at radius 1 is 1.00 bits per heavy atom. The maximum absolute atomic E-state index is 12.9. The molecule has 0 fully saturated rings. The second kappa shape index (κ2) is 7.35. The van der Waals surface area contributed by atoms with Crippen molar-refractivity contribution >= 4 is 33.8 Å². The molecule has 1 aliphatic heterocycles. The third kappa shape index (κ3) is 3.72. The number of halogens is 1. The number of benzene rings is 2. The Bertz CT molecular complexity index is 1080. The van der Waals surface area contributed by atoms with Gasteiger partial charge in [-0.1, -0.05) is 54.1 Å². The third-order valence-electron chi connectivity index (χ3n) is 4.65. The molecular formula is C21H18ClNO3S. The van der Waals surface area contributed by atoms with Gasteiger partial charge in [-0.3, -0.25) is 0 Å². The number of furan rings is 1. The summed E-state index contributed by atoms with van der Waals surface area (Å²) in [5.41, 5.74) is 2.76. The van der Waals surface area contributed by atoms with Gasteiger partial charge in [-0.05, 0) is 35.4 Å². The molecule has 6 heteroatoms. The van der Waals surface area contributed by atoms with Gasteiger partial charge in [0.25, 0.3) is 0 Å². The van der Waals surface area contributed by atoms with Gasteiger partial charge in [0.1, 0.15) is 5.76 Å². The quantitative estimate of drug-likeness (QED) is 0.589. The van der Waals surface area contributed by atoms with E-state index in [0.29, 0.717) is 29.4 Å². The molecule has 1 aromatic heterocycles. The minimum absolute atomic E-state index is 0.296. The molecule has 138 valence electrons. The molecule has 2 aromatic carbocycles. The van der Waals surface area contributed by atoms with Crippen LogP contribution in [0.3, 0.4) is 0 Å². The largest absolute Gasteiger partial charge is 0.469 e. The Hall–Kier alpha value is -2.34. The number of rotatable bonds is 4. The van der Waals surface area contributed by atoms with Crippen LogP contribution in [0.5, 0.6) is 0 Å². The molecule has 27 heavy (non-hydrogen) atoms. The lowest BCUT2D eigenvalue weighted by Gasteiger charge is -2.25. The van der Waals surface area contributed by atoms with Crippen LogP contribution >= 0.6 is 11.6 Å². The average molecular weight is 400 g/mol. The van der Waals surface area contributed by atoms with E-state index in [4.69, 9.17) is 16.0 Å². The average Bonchev–Trinajstić information content (AvgIpc) is 3.15. The highest BCUT2D eigenvalue weighted by Gasteiger charge is 2.29. The molecule has 4 nitrogen and oxygen atoms in total. The minimum atomic E-state index is -3.53. The molecule has 0 saturated heterocycles. The summed E-state index contributed by atoms with van der Waals surface area (Å²) in [7, 11) is -3.53. The summed E-state index contributed by atoms with van der Waals surface area (Å²) in [6.45, 7) is 0.777. The van der Waals surface area contributed by atoms with E-state index in [-0.39, 0.29) is 0 Å². The smallest absolute Gasteiger partial charge is 0.243 e. The van der Waals surface area contributed by atoms with E-state index in [1.807, 2.05) is 42.5 Å². The van der Waals surface area contributed by atoms with Crippen LogP contribution in [-0.4, -0.2) is 19.3 Å². The lowest BCUT2D eigenvalue weighted by molar-refractivity contribution is 0.362. The van der Waals surface area contributed by atoms with Crippen molar-refractivity contribution in [2.45, 2.75) is 17.9 Å². The first-order valence-electron chi connectivity index (χ1n) is 8.62. The first-order valence-corrected chi connectivity index (χ1v) is 10.4. The summed E-state index contributed by atoms with van der Waals surface area (Å²) in [4.78, 5) is 0.296. The van der Waals surface area contributed by atoms with Crippen LogP contribution in [0.1, 0.15) is 22.5 Å². The Morgan fingerprint density at radius 2 is 1.78 bits per heavy atom. The standard InChI is InChI=1S/C21H18ClNO3S/c22-20-4-2-1-3-17(20)8-5-16-6-9-19(10-7-16)27(24,25)23-13-11-21-18(15-23)12-14-26-21/h1-10,12,14H,11,13,15H2/b8-5+. The van der Waals surface area contributed by atoms with Gasteiger partial charge in [-0.15, -0.1) is 0 Å². The van der Waals surface area contributed by atoms with Crippen molar-refractivity contribution in [1.82, 2.24) is 4.31 Å². The summed E-state index contributed by atoms with van der Waals surface area (Å²) in [5, 5.41) is 0.677. The van der Waals surface area contributed by atoms with Gasteiger partial charge in [0.05, 0.1) is 11.2 Å². The van der Waals surface area contributed by atoms with Crippen LogP contribution in [-0.2, 0) is 23.0 Å². The van der Waals surface area contributed by atoms with Crippen molar-refractivity contribution in [1.29, 1.82) is 0 Å². The summed E-state index contributed by atoms with van der Waals surface area (Å²) in [6.07, 6.45) is 6.04. The lowest BCUT2D eigenvalue weighted by atomic mass is 10.1.